The Bertz CT molecular complexity index is 1060. The van der Waals surface area contributed by atoms with Crippen LogP contribution in [0.3, 0.4) is 0 Å². The second-order valence-electron chi connectivity index (χ2n) is 6.06. The van der Waals surface area contributed by atoms with Gasteiger partial charge in [0, 0.05) is 29.2 Å². The Hall–Kier alpha value is -3.32. The SMILES string of the molecule is CC(=O)Nc1ccc(NC(=O)COC(=O)c2oc3c(Cl)cccc3c2C)cc1. The number of halogens is 1. The van der Waals surface area contributed by atoms with E-state index in [0.29, 0.717) is 32.9 Å². The highest BCUT2D eigenvalue weighted by atomic mass is 35.5. The summed E-state index contributed by atoms with van der Waals surface area (Å²) in [4.78, 5) is 35.3. The van der Waals surface area contributed by atoms with Crippen LogP contribution in [0.5, 0.6) is 0 Å². The van der Waals surface area contributed by atoms with Gasteiger partial charge in [0.25, 0.3) is 5.91 Å². The summed E-state index contributed by atoms with van der Waals surface area (Å²) >= 11 is 6.07. The summed E-state index contributed by atoms with van der Waals surface area (Å²) in [6.07, 6.45) is 0. The number of carbonyl (C=O) groups excluding carboxylic acids is 3. The fourth-order valence-corrected chi connectivity index (χ4v) is 2.85. The molecular formula is C20H17ClN2O5. The molecule has 28 heavy (non-hydrogen) atoms. The first-order valence-corrected chi connectivity index (χ1v) is 8.75. The molecule has 3 aromatic rings. The minimum atomic E-state index is -0.749. The third kappa shape index (κ3) is 4.32. The highest BCUT2D eigenvalue weighted by molar-refractivity contribution is 6.35. The number of hydrogen-bond acceptors (Lipinski definition) is 5. The van der Waals surface area contributed by atoms with E-state index in [1.165, 1.54) is 6.92 Å². The number of anilines is 2. The largest absolute Gasteiger partial charge is 0.450 e. The Kier molecular flexibility index (Phi) is 5.65. The van der Waals surface area contributed by atoms with Crippen molar-refractivity contribution in [2.45, 2.75) is 13.8 Å². The van der Waals surface area contributed by atoms with Gasteiger partial charge in [0.05, 0.1) is 5.02 Å². The lowest BCUT2D eigenvalue weighted by Gasteiger charge is -2.07. The van der Waals surface area contributed by atoms with Crippen LogP contribution in [0.4, 0.5) is 11.4 Å². The molecule has 2 N–H and O–H groups in total. The number of benzene rings is 2. The summed E-state index contributed by atoms with van der Waals surface area (Å²) in [5.74, 6) is -1.44. The molecule has 1 aromatic heterocycles. The monoisotopic (exact) mass is 400 g/mol. The standard InChI is InChI=1S/C20H17ClN2O5/c1-11-15-4-3-5-16(21)19(15)28-18(11)20(26)27-10-17(25)23-14-8-6-13(7-9-14)22-12(2)24/h3-9H,10H2,1-2H3,(H,22,24)(H,23,25). The van der Waals surface area contributed by atoms with E-state index in [0.717, 1.165) is 0 Å². The average molecular weight is 401 g/mol. The van der Waals surface area contributed by atoms with Crippen LogP contribution in [0.25, 0.3) is 11.0 Å². The molecule has 144 valence electrons. The number of carbonyl (C=O) groups is 3. The molecule has 0 atom stereocenters. The van der Waals surface area contributed by atoms with Crippen molar-refractivity contribution in [1.82, 2.24) is 0 Å². The molecular weight excluding hydrogens is 384 g/mol. The Labute approximate surface area is 165 Å². The van der Waals surface area contributed by atoms with E-state index < -0.39 is 18.5 Å². The summed E-state index contributed by atoms with van der Waals surface area (Å²) in [7, 11) is 0. The van der Waals surface area contributed by atoms with Gasteiger partial charge in [-0.15, -0.1) is 0 Å². The van der Waals surface area contributed by atoms with E-state index in [1.807, 2.05) is 0 Å². The topological polar surface area (TPSA) is 97.6 Å². The van der Waals surface area contributed by atoms with Crippen molar-refractivity contribution in [2.75, 3.05) is 17.2 Å². The first-order chi connectivity index (χ1) is 13.3. The van der Waals surface area contributed by atoms with E-state index >= 15 is 0 Å². The Morgan fingerprint density at radius 3 is 2.29 bits per heavy atom. The average Bonchev–Trinajstić information content (AvgIpc) is 2.99. The predicted molar refractivity (Wildman–Crippen MR) is 106 cm³/mol. The zero-order chi connectivity index (χ0) is 20.3. The van der Waals surface area contributed by atoms with Gasteiger partial charge < -0.3 is 19.8 Å². The van der Waals surface area contributed by atoms with Gasteiger partial charge >= 0.3 is 5.97 Å². The molecule has 0 aliphatic rings. The molecule has 1 heterocycles. The normalized spacial score (nSPS) is 10.5. The number of rotatable bonds is 5. The summed E-state index contributed by atoms with van der Waals surface area (Å²) < 4.78 is 10.6. The van der Waals surface area contributed by atoms with Gasteiger partial charge in [0.15, 0.2) is 12.2 Å². The van der Waals surface area contributed by atoms with Crippen molar-refractivity contribution < 1.29 is 23.5 Å². The number of furan rings is 1. The van der Waals surface area contributed by atoms with Crippen LogP contribution < -0.4 is 10.6 Å². The second-order valence-corrected chi connectivity index (χ2v) is 6.46. The zero-order valence-corrected chi connectivity index (χ0v) is 15.9. The zero-order valence-electron chi connectivity index (χ0n) is 15.2. The van der Waals surface area contributed by atoms with Crippen molar-refractivity contribution in [1.29, 1.82) is 0 Å². The molecule has 0 radical (unpaired) electrons. The third-order valence-corrected chi connectivity index (χ3v) is 4.22. The minimum Gasteiger partial charge on any atom is -0.450 e. The molecule has 0 bridgehead atoms. The lowest BCUT2D eigenvalue weighted by Crippen LogP contribution is -2.21. The maximum Gasteiger partial charge on any atom is 0.375 e. The van der Waals surface area contributed by atoms with Crippen LogP contribution in [-0.2, 0) is 14.3 Å². The van der Waals surface area contributed by atoms with Gasteiger partial charge in [-0.05, 0) is 37.3 Å². The van der Waals surface area contributed by atoms with Gasteiger partial charge in [-0.1, -0.05) is 23.7 Å². The van der Waals surface area contributed by atoms with Crippen molar-refractivity contribution >= 4 is 51.7 Å². The first-order valence-electron chi connectivity index (χ1n) is 8.37. The molecule has 0 saturated heterocycles. The number of nitrogens with one attached hydrogen (secondary N) is 2. The maximum absolute atomic E-state index is 12.3. The lowest BCUT2D eigenvalue weighted by atomic mass is 10.1. The van der Waals surface area contributed by atoms with Crippen molar-refractivity contribution in [3.8, 4) is 0 Å². The quantitative estimate of drug-likeness (QED) is 0.627. The van der Waals surface area contributed by atoms with Crippen LogP contribution in [0, 0.1) is 6.92 Å². The van der Waals surface area contributed by atoms with Crippen molar-refractivity contribution in [2.24, 2.45) is 0 Å². The second kappa shape index (κ2) is 8.14. The summed E-state index contributed by atoms with van der Waals surface area (Å²) in [6.45, 7) is 2.65. The smallest absolute Gasteiger partial charge is 0.375 e. The third-order valence-electron chi connectivity index (χ3n) is 3.92. The summed E-state index contributed by atoms with van der Waals surface area (Å²) in [5, 5.41) is 6.32. The summed E-state index contributed by atoms with van der Waals surface area (Å²) in [5.41, 5.74) is 2.10. The molecule has 0 saturated carbocycles. The Morgan fingerprint density at radius 1 is 1.04 bits per heavy atom. The number of aryl methyl sites for hydroxylation is 1. The first kappa shape index (κ1) is 19.4. The van der Waals surface area contributed by atoms with E-state index in [9.17, 15) is 14.4 Å². The molecule has 2 amide bonds. The van der Waals surface area contributed by atoms with E-state index in [1.54, 1.807) is 49.4 Å². The molecule has 0 fully saturated rings. The fourth-order valence-electron chi connectivity index (χ4n) is 2.64. The van der Waals surface area contributed by atoms with Crippen LogP contribution in [0.2, 0.25) is 5.02 Å². The van der Waals surface area contributed by atoms with E-state index in [-0.39, 0.29) is 11.7 Å². The predicted octanol–water partition coefficient (Wildman–Crippen LogP) is 4.15. The summed E-state index contributed by atoms with van der Waals surface area (Å²) in [6, 6.07) is 11.7. The Balaban J connectivity index is 1.60. The lowest BCUT2D eigenvalue weighted by molar-refractivity contribution is -0.119. The van der Waals surface area contributed by atoms with Crippen LogP contribution in [-0.4, -0.2) is 24.4 Å². The van der Waals surface area contributed by atoms with Crippen molar-refractivity contribution in [3.05, 3.63) is 58.8 Å². The number of hydrogen-bond donors (Lipinski definition) is 2. The highest BCUT2D eigenvalue weighted by Crippen LogP contribution is 2.31. The van der Waals surface area contributed by atoms with Crippen LogP contribution in [0.1, 0.15) is 23.0 Å². The highest BCUT2D eigenvalue weighted by Gasteiger charge is 2.21. The molecule has 0 aliphatic carbocycles. The molecule has 0 spiro atoms. The van der Waals surface area contributed by atoms with Crippen LogP contribution in [0.15, 0.2) is 46.9 Å². The van der Waals surface area contributed by atoms with Gasteiger partial charge in [0.2, 0.25) is 11.7 Å². The van der Waals surface area contributed by atoms with E-state index in [2.05, 4.69) is 10.6 Å². The van der Waals surface area contributed by atoms with Gasteiger partial charge in [-0.2, -0.15) is 0 Å². The van der Waals surface area contributed by atoms with Gasteiger partial charge in [-0.25, -0.2) is 4.79 Å². The van der Waals surface area contributed by atoms with Gasteiger partial charge in [0.1, 0.15) is 0 Å². The molecule has 7 nitrogen and oxygen atoms in total. The van der Waals surface area contributed by atoms with Crippen molar-refractivity contribution in [3.63, 3.8) is 0 Å². The molecule has 3 rings (SSSR count). The van der Waals surface area contributed by atoms with E-state index in [4.69, 9.17) is 20.8 Å². The maximum atomic E-state index is 12.3. The Morgan fingerprint density at radius 2 is 1.68 bits per heavy atom. The number of esters is 1. The minimum absolute atomic E-state index is 0.00978. The molecule has 8 heteroatoms. The van der Waals surface area contributed by atoms with Gasteiger partial charge in [-0.3, -0.25) is 9.59 Å². The fraction of sp³-hybridized carbons (Fsp3) is 0.150. The number of amides is 2. The van der Waals surface area contributed by atoms with Crippen LogP contribution >= 0.6 is 11.6 Å². The number of ether oxygens (including phenoxy) is 1. The molecule has 2 aromatic carbocycles. The molecule has 0 unspecified atom stereocenters. The molecule has 0 aliphatic heterocycles. The number of para-hydroxylation sites is 1. The number of fused-ring (bicyclic) bond motifs is 1.